The number of nitrogens with zero attached hydrogens (tertiary/aromatic N) is 1. The van der Waals surface area contributed by atoms with Crippen molar-refractivity contribution in [2.24, 2.45) is 5.41 Å². The Hall–Kier alpha value is -0.600. The molecule has 1 aromatic rings. The molecular formula is C12H15Cl2NO. The second-order valence-electron chi connectivity index (χ2n) is 4.97. The summed E-state index contributed by atoms with van der Waals surface area (Å²) in [4.78, 5) is 15.8. The van der Waals surface area contributed by atoms with E-state index in [0.717, 1.165) is 6.42 Å². The highest BCUT2D eigenvalue weighted by molar-refractivity contribution is 6.36. The Labute approximate surface area is 106 Å². The van der Waals surface area contributed by atoms with Gasteiger partial charge in [-0.15, -0.1) is 0 Å². The smallest absolute Gasteiger partial charge is 0.182 e. The van der Waals surface area contributed by atoms with Crippen LogP contribution in [0.25, 0.3) is 0 Å². The van der Waals surface area contributed by atoms with Crippen molar-refractivity contribution in [2.45, 2.75) is 33.6 Å². The zero-order chi connectivity index (χ0) is 12.3. The van der Waals surface area contributed by atoms with Crippen LogP contribution in [0, 0.1) is 5.41 Å². The molecule has 1 heterocycles. The van der Waals surface area contributed by atoms with Gasteiger partial charge in [-0.3, -0.25) is 9.78 Å². The van der Waals surface area contributed by atoms with Gasteiger partial charge in [-0.25, -0.2) is 0 Å². The molecule has 0 aromatic carbocycles. The quantitative estimate of drug-likeness (QED) is 0.754. The average molecular weight is 260 g/mol. The number of carbonyl (C=O) groups is 1. The van der Waals surface area contributed by atoms with Crippen molar-refractivity contribution in [3.8, 4) is 0 Å². The van der Waals surface area contributed by atoms with E-state index < -0.39 is 0 Å². The maximum absolute atomic E-state index is 11.8. The fraction of sp³-hybridized carbons (Fsp3) is 0.500. The van der Waals surface area contributed by atoms with Crippen LogP contribution in [0.1, 0.15) is 44.1 Å². The van der Waals surface area contributed by atoms with Gasteiger partial charge in [0.05, 0.1) is 10.0 Å². The van der Waals surface area contributed by atoms with Gasteiger partial charge < -0.3 is 0 Å². The van der Waals surface area contributed by atoms with Gasteiger partial charge in [-0.05, 0) is 17.9 Å². The Morgan fingerprint density at radius 1 is 1.38 bits per heavy atom. The Balaban J connectivity index is 2.74. The summed E-state index contributed by atoms with van der Waals surface area (Å²) >= 11 is 11.6. The zero-order valence-corrected chi connectivity index (χ0v) is 11.2. The first-order valence-corrected chi connectivity index (χ1v) is 5.89. The molecule has 0 saturated heterocycles. The summed E-state index contributed by atoms with van der Waals surface area (Å²) in [7, 11) is 0. The highest BCUT2D eigenvalue weighted by atomic mass is 35.5. The van der Waals surface area contributed by atoms with Gasteiger partial charge in [0, 0.05) is 12.6 Å². The lowest BCUT2D eigenvalue weighted by molar-refractivity contribution is 0.0961. The van der Waals surface area contributed by atoms with Crippen molar-refractivity contribution < 1.29 is 4.79 Å². The minimum absolute atomic E-state index is 0.0309. The summed E-state index contributed by atoms with van der Waals surface area (Å²) in [5, 5.41) is 0.767. The zero-order valence-electron chi connectivity index (χ0n) is 9.68. The molecule has 0 aliphatic carbocycles. The van der Waals surface area contributed by atoms with E-state index in [1.165, 1.54) is 6.20 Å². The van der Waals surface area contributed by atoms with Crippen molar-refractivity contribution in [3.05, 3.63) is 28.0 Å². The van der Waals surface area contributed by atoms with E-state index in [0.29, 0.717) is 22.2 Å². The Bertz CT molecular complexity index is 396. The van der Waals surface area contributed by atoms with Crippen LogP contribution in [0.2, 0.25) is 10.0 Å². The molecule has 4 heteroatoms. The number of halogens is 2. The predicted molar refractivity (Wildman–Crippen MR) is 67.3 cm³/mol. The monoisotopic (exact) mass is 259 g/mol. The molecule has 16 heavy (non-hydrogen) atoms. The number of hydrogen-bond donors (Lipinski definition) is 0. The minimum atomic E-state index is -0.0309. The lowest BCUT2D eigenvalue weighted by Gasteiger charge is -2.16. The van der Waals surface area contributed by atoms with Gasteiger partial charge in [-0.2, -0.15) is 0 Å². The summed E-state index contributed by atoms with van der Waals surface area (Å²) in [5.41, 5.74) is 0.449. The second-order valence-corrected chi connectivity index (χ2v) is 5.81. The number of Topliss-reactive ketones (excluding diaryl/α,β-unsaturated/α-hetero) is 1. The van der Waals surface area contributed by atoms with Gasteiger partial charge in [-0.1, -0.05) is 44.0 Å². The molecule has 0 aliphatic rings. The van der Waals surface area contributed by atoms with Gasteiger partial charge in [0.2, 0.25) is 0 Å². The van der Waals surface area contributed by atoms with E-state index in [2.05, 4.69) is 25.8 Å². The lowest BCUT2D eigenvalue weighted by Crippen LogP contribution is -2.10. The molecule has 0 radical (unpaired) electrons. The van der Waals surface area contributed by atoms with Gasteiger partial charge in [0.1, 0.15) is 5.69 Å². The number of hydrogen-bond acceptors (Lipinski definition) is 2. The van der Waals surface area contributed by atoms with Crippen LogP contribution < -0.4 is 0 Å². The molecule has 88 valence electrons. The number of ketones is 1. The first-order valence-electron chi connectivity index (χ1n) is 5.14. The van der Waals surface area contributed by atoms with Gasteiger partial charge in [0.15, 0.2) is 5.78 Å². The van der Waals surface area contributed by atoms with Crippen LogP contribution in [-0.2, 0) is 0 Å². The molecule has 0 bridgehead atoms. The summed E-state index contributed by atoms with van der Waals surface area (Å²) < 4.78 is 0. The van der Waals surface area contributed by atoms with E-state index >= 15 is 0 Å². The standard InChI is InChI=1S/C12H15Cl2NO/c1-12(2,3)5-4-10(16)11-9(14)6-8(13)7-15-11/h6-7H,4-5H2,1-3H3. The normalized spacial score (nSPS) is 11.6. The number of carbonyl (C=O) groups excluding carboxylic acids is 1. The van der Waals surface area contributed by atoms with Crippen molar-refractivity contribution in [1.29, 1.82) is 0 Å². The van der Waals surface area contributed by atoms with Crippen LogP contribution in [0.5, 0.6) is 0 Å². The topological polar surface area (TPSA) is 30.0 Å². The Morgan fingerprint density at radius 2 is 2.00 bits per heavy atom. The van der Waals surface area contributed by atoms with Gasteiger partial charge in [0.25, 0.3) is 0 Å². The largest absolute Gasteiger partial charge is 0.292 e. The first kappa shape index (κ1) is 13.5. The molecule has 0 unspecified atom stereocenters. The third-order valence-electron chi connectivity index (χ3n) is 2.17. The van der Waals surface area contributed by atoms with Gasteiger partial charge >= 0.3 is 0 Å². The minimum Gasteiger partial charge on any atom is -0.292 e. The van der Waals surface area contributed by atoms with Crippen LogP contribution in [0.4, 0.5) is 0 Å². The Kier molecular flexibility index (Phi) is 4.34. The molecule has 0 spiro atoms. The fourth-order valence-electron chi connectivity index (χ4n) is 1.23. The molecule has 0 N–H and O–H groups in total. The molecule has 0 amide bonds. The molecule has 1 aromatic heterocycles. The lowest BCUT2D eigenvalue weighted by atomic mass is 9.89. The summed E-state index contributed by atoms with van der Waals surface area (Å²) in [6.07, 6.45) is 2.71. The number of pyridine rings is 1. The molecular weight excluding hydrogens is 245 g/mol. The summed E-state index contributed by atoms with van der Waals surface area (Å²) in [6.45, 7) is 6.28. The van der Waals surface area contributed by atoms with Crippen LogP contribution in [0.15, 0.2) is 12.3 Å². The molecule has 0 saturated carbocycles. The van der Waals surface area contributed by atoms with Crippen LogP contribution in [0.3, 0.4) is 0 Å². The summed E-state index contributed by atoms with van der Waals surface area (Å²) in [6, 6.07) is 1.54. The molecule has 0 aliphatic heterocycles. The molecule has 2 nitrogen and oxygen atoms in total. The SMILES string of the molecule is CC(C)(C)CCC(=O)c1ncc(Cl)cc1Cl. The van der Waals surface area contributed by atoms with Crippen LogP contribution >= 0.6 is 23.2 Å². The van der Waals surface area contributed by atoms with Crippen molar-refractivity contribution in [3.63, 3.8) is 0 Å². The maximum Gasteiger partial charge on any atom is 0.182 e. The number of aromatic nitrogens is 1. The molecule has 0 atom stereocenters. The number of rotatable bonds is 3. The molecule has 1 rings (SSSR count). The first-order chi connectivity index (χ1) is 7.29. The second kappa shape index (κ2) is 5.15. The maximum atomic E-state index is 11.8. The molecule has 0 fully saturated rings. The van der Waals surface area contributed by atoms with E-state index in [4.69, 9.17) is 23.2 Å². The van der Waals surface area contributed by atoms with Crippen LogP contribution in [-0.4, -0.2) is 10.8 Å². The average Bonchev–Trinajstić information content (AvgIpc) is 2.13. The van der Waals surface area contributed by atoms with Crippen molar-refractivity contribution in [1.82, 2.24) is 4.98 Å². The van der Waals surface area contributed by atoms with E-state index in [9.17, 15) is 4.79 Å². The third kappa shape index (κ3) is 4.11. The van der Waals surface area contributed by atoms with E-state index in [1.807, 2.05) is 0 Å². The van der Waals surface area contributed by atoms with E-state index in [1.54, 1.807) is 6.07 Å². The van der Waals surface area contributed by atoms with Crippen molar-refractivity contribution >= 4 is 29.0 Å². The Morgan fingerprint density at radius 3 is 2.50 bits per heavy atom. The highest BCUT2D eigenvalue weighted by Gasteiger charge is 2.17. The fourth-order valence-corrected chi connectivity index (χ4v) is 1.71. The van der Waals surface area contributed by atoms with E-state index in [-0.39, 0.29) is 11.2 Å². The predicted octanol–water partition coefficient (Wildman–Crippen LogP) is 4.40. The highest BCUT2D eigenvalue weighted by Crippen LogP contribution is 2.24. The summed E-state index contributed by atoms with van der Waals surface area (Å²) in [5.74, 6) is -0.0309. The third-order valence-corrected chi connectivity index (χ3v) is 2.67. The van der Waals surface area contributed by atoms with Crippen molar-refractivity contribution in [2.75, 3.05) is 0 Å².